The number of nitrogens with zero attached hydrogens (tertiary/aromatic N) is 3. The Balaban J connectivity index is 1.43. The summed E-state index contributed by atoms with van der Waals surface area (Å²) in [4.78, 5) is 9.09. The van der Waals surface area contributed by atoms with Gasteiger partial charge in [0.1, 0.15) is 0 Å². The highest BCUT2D eigenvalue weighted by Crippen LogP contribution is 2.31. The first-order valence-electron chi connectivity index (χ1n) is 10.8. The highest BCUT2D eigenvalue weighted by molar-refractivity contribution is 5.95. The Kier molecular flexibility index (Phi) is 5.64. The Morgan fingerprint density at radius 1 is 0.788 bits per heavy atom. The summed E-state index contributed by atoms with van der Waals surface area (Å²) in [6, 6.07) is 17.4. The highest BCUT2D eigenvalue weighted by Gasteiger charge is 2.15. The second-order valence-corrected chi connectivity index (χ2v) is 8.31. The van der Waals surface area contributed by atoms with E-state index in [1.54, 1.807) is 24.4 Å². The van der Waals surface area contributed by atoms with Crippen LogP contribution in [0.25, 0.3) is 22.0 Å². The van der Waals surface area contributed by atoms with Gasteiger partial charge < -0.3 is 15.1 Å². The normalized spacial score (nSPS) is 14.6. The number of fused-ring (bicyclic) bond motifs is 1. The first kappa shape index (κ1) is 21.3. The Morgan fingerprint density at radius 2 is 1.48 bits per heavy atom. The van der Waals surface area contributed by atoms with Crippen molar-refractivity contribution in [1.82, 2.24) is 9.88 Å². The van der Waals surface area contributed by atoms with Gasteiger partial charge in [-0.15, -0.1) is 0 Å². The van der Waals surface area contributed by atoms with Crippen LogP contribution in [0.3, 0.4) is 0 Å². The SMILES string of the molecule is CN1CCN(c2ccc(Nc3ccnc4ccc(-c5cc(F)c(F)c(F)c5)cc34)cc2)CC1. The summed E-state index contributed by atoms with van der Waals surface area (Å²) in [7, 11) is 2.14. The van der Waals surface area contributed by atoms with Crippen LogP contribution in [-0.2, 0) is 0 Å². The van der Waals surface area contributed by atoms with Crippen LogP contribution >= 0.6 is 0 Å². The van der Waals surface area contributed by atoms with E-state index < -0.39 is 17.5 Å². The van der Waals surface area contributed by atoms with Gasteiger partial charge in [-0.05, 0) is 72.8 Å². The predicted molar refractivity (Wildman–Crippen MR) is 126 cm³/mol. The lowest BCUT2D eigenvalue weighted by atomic mass is 10.0. The van der Waals surface area contributed by atoms with Crippen LogP contribution in [0.1, 0.15) is 0 Å². The molecule has 0 saturated carbocycles. The largest absolute Gasteiger partial charge is 0.369 e. The molecule has 33 heavy (non-hydrogen) atoms. The average molecular weight is 448 g/mol. The van der Waals surface area contributed by atoms with E-state index in [4.69, 9.17) is 0 Å². The first-order valence-corrected chi connectivity index (χ1v) is 10.8. The van der Waals surface area contributed by atoms with Crippen molar-refractivity contribution < 1.29 is 13.2 Å². The maximum absolute atomic E-state index is 13.7. The molecule has 1 N–H and O–H groups in total. The molecule has 1 aromatic heterocycles. The van der Waals surface area contributed by atoms with Crippen LogP contribution in [0.4, 0.5) is 30.2 Å². The van der Waals surface area contributed by atoms with Crippen molar-refractivity contribution in [2.45, 2.75) is 0 Å². The number of piperazine rings is 1. The molecule has 4 aromatic rings. The Morgan fingerprint density at radius 3 is 2.18 bits per heavy atom. The topological polar surface area (TPSA) is 31.4 Å². The maximum Gasteiger partial charge on any atom is 0.194 e. The Labute approximate surface area is 190 Å². The number of likely N-dealkylation sites (N-methyl/N-ethyl adjacent to an activating group) is 1. The molecule has 0 bridgehead atoms. The number of nitrogens with one attached hydrogen (secondary N) is 1. The number of halogens is 3. The second-order valence-electron chi connectivity index (χ2n) is 8.31. The molecule has 5 rings (SSSR count). The summed E-state index contributed by atoms with van der Waals surface area (Å²) in [6.07, 6.45) is 1.71. The van der Waals surface area contributed by atoms with E-state index >= 15 is 0 Å². The van der Waals surface area contributed by atoms with Gasteiger partial charge in [-0.25, -0.2) is 13.2 Å². The molecule has 0 unspecified atom stereocenters. The molecule has 3 aromatic carbocycles. The number of rotatable bonds is 4. The molecule has 0 spiro atoms. The van der Waals surface area contributed by atoms with E-state index in [1.807, 2.05) is 18.2 Å². The van der Waals surface area contributed by atoms with Crippen molar-refractivity contribution in [3.05, 3.63) is 84.3 Å². The number of hydrogen-bond donors (Lipinski definition) is 1. The number of aromatic nitrogens is 1. The van der Waals surface area contributed by atoms with Gasteiger partial charge in [-0.1, -0.05) is 6.07 Å². The van der Waals surface area contributed by atoms with E-state index in [2.05, 4.69) is 39.3 Å². The molecule has 2 heterocycles. The minimum atomic E-state index is -1.47. The van der Waals surface area contributed by atoms with Gasteiger partial charge in [0.05, 0.1) is 5.52 Å². The van der Waals surface area contributed by atoms with Crippen molar-refractivity contribution in [3.8, 4) is 11.1 Å². The molecule has 0 radical (unpaired) electrons. The summed E-state index contributed by atoms with van der Waals surface area (Å²) < 4.78 is 40.9. The fourth-order valence-corrected chi connectivity index (χ4v) is 4.13. The first-order chi connectivity index (χ1) is 16.0. The van der Waals surface area contributed by atoms with Gasteiger partial charge in [0.15, 0.2) is 17.5 Å². The van der Waals surface area contributed by atoms with Gasteiger partial charge in [-0.2, -0.15) is 0 Å². The number of anilines is 3. The highest BCUT2D eigenvalue weighted by atomic mass is 19.2. The van der Waals surface area contributed by atoms with E-state index in [1.165, 1.54) is 5.69 Å². The van der Waals surface area contributed by atoms with Gasteiger partial charge in [-0.3, -0.25) is 4.98 Å². The number of benzene rings is 3. The lowest BCUT2D eigenvalue weighted by Gasteiger charge is -2.34. The van der Waals surface area contributed by atoms with Gasteiger partial charge in [0, 0.05) is 54.8 Å². The minimum absolute atomic E-state index is 0.264. The molecule has 0 atom stereocenters. The standard InChI is InChI=1S/C26H23F3N4/c1-32-10-12-33(13-11-32)20-5-3-19(4-6-20)31-25-8-9-30-24-7-2-17(14-21(24)25)18-15-22(27)26(29)23(28)16-18/h2-9,14-16H,10-13H2,1H3,(H,30,31). The lowest BCUT2D eigenvalue weighted by Crippen LogP contribution is -2.44. The van der Waals surface area contributed by atoms with Gasteiger partial charge >= 0.3 is 0 Å². The summed E-state index contributed by atoms with van der Waals surface area (Å²) in [6.45, 7) is 4.11. The van der Waals surface area contributed by atoms with E-state index in [0.29, 0.717) is 5.56 Å². The number of hydrogen-bond acceptors (Lipinski definition) is 4. The van der Waals surface area contributed by atoms with E-state index in [-0.39, 0.29) is 5.56 Å². The third-order valence-corrected chi connectivity index (χ3v) is 6.07. The van der Waals surface area contributed by atoms with E-state index in [0.717, 1.165) is 60.6 Å². The summed E-state index contributed by atoms with van der Waals surface area (Å²) >= 11 is 0. The van der Waals surface area contributed by atoms with Crippen molar-refractivity contribution >= 4 is 28.0 Å². The summed E-state index contributed by atoms with van der Waals surface area (Å²) in [5, 5.41) is 4.21. The molecule has 0 amide bonds. The average Bonchev–Trinajstić information content (AvgIpc) is 2.83. The monoisotopic (exact) mass is 448 g/mol. The third-order valence-electron chi connectivity index (χ3n) is 6.07. The molecule has 1 aliphatic heterocycles. The van der Waals surface area contributed by atoms with Crippen LogP contribution in [0.15, 0.2) is 66.9 Å². The van der Waals surface area contributed by atoms with Gasteiger partial charge in [0.2, 0.25) is 0 Å². The molecule has 0 aliphatic carbocycles. The molecule has 1 fully saturated rings. The van der Waals surface area contributed by atoms with Crippen molar-refractivity contribution in [2.75, 3.05) is 43.4 Å². The maximum atomic E-state index is 13.7. The minimum Gasteiger partial charge on any atom is -0.369 e. The number of pyridine rings is 1. The third kappa shape index (κ3) is 4.36. The quantitative estimate of drug-likeness (QED) is 0.399. The molecule has 168 valence electrons. The van der Waals surface area contributed by atoms with Crippen LogP contribution in [0.2, 0.25) is 0 Å². The van der Waals surface area contributed by atoms with Crippen molar-refractivity contribution in [1.29, 1.82) is 0 Å². The van der Waals surface area contributed by atoms with Gasteiger partial charge in [0.25, 0.3) is 0 Å². The molecule has 4 nitrogen and oxygen atoms in total. The Bertz CT molecular complexity index is 1280. The molecule has 1 aliphatic rings. The Hall–Kier alpha value is -3.58. The summed E-state index contributed by atoms with van der Waals surface area (Å²) in [5.74, 6) is -3.89. The predicted octanol–water partition coefficient (Wildman–Crippen LogP) is 5.81. The molecular formula is C26H23F3N4. The van der Waals surface area contributed by atoms with Crippen LogP contribution < -0.4 is 10.2 Å². The fourth-order valence-electron chi connectivity index (χ4n) is 4.13. The second kappa shape index (κ2) is 8.75. The zero-order valence-electron chi connectivity index (χ0n) is 18.2. The zero-order chi connectivity index (χ0) is 22.9. The van der Waals surface area contributed by atoms with Crippen LogP contribution in [0.5, 0.6) is 0 Å². The fraction of sp³-hybridized carbons (Fsp3) is 0.192. The van der Waals surface area contributed by atoms with Crippen LogP contribution in [0, 0.1) is 17.5 Å². The lowest BCUT2D eigenvalue weighted by molar-refractivity contribution is 0.313. The van der Waals surface area contributed by atoms with Crippen molar-refractivity contribution in [2.24, 2.45) is 0 Å². The molecular weight excluding hydrogens is 425 g/mol. The zero-order valence-corrected chi connectivity index (χ0v) is 18.2. The molecule has 7 heteroatoms. The smallest absolute Gasteiger partial charge is 0.194 e. The van der Waals surface area contributed by atoms with Crippen LogP contribution in [-0.4, -0.2) is 43.1 Å². The summed E-state index contributed by atoms with van der Waals surface area (Å²) in [5.41, 5.74) is 4.50. The van der Waals surface area contributed by atoms with E-state index in [9.17, 15) is 13.2 Å². The van der Waals surface area contributed by atoms with Crippen molar-refractivity contribution in [3.63, 3.8) is 0 Å². The molecule has 1 saturated heterocycles.